The van der Waals surface area contributed by atoms with Gasteiger partial charge in [0, 0.05) is 10.6 Å². The van der Waals surface area contributed by atoms with Crippen LogP contribution in [0.1, 0.15) is 11.0 Å². The Labute approximate surface area is 120 Å². The van der Waals surface area contributed by atoms with Crippen molar-refractivity contribution in [2.24, 2.45) is 0 Å². The molecular formula is C14H15NO4S. The van der Waals surface area contributed by atoms with E-state index in [1.165, 1.54) is 25.1 Å². The van der Waals surface area contributed by atoms with E-state index in [-0.39, 0.29) is 0 Å². The zero-order valence-electron chi connectivity index (χ0n) is 10.9. The first-order chi connectivity index (χ1) is 9.63. The van der Waals surface area contributed by atoms with Crippen LogP contribution < -0.4 is 5.73 Å². The third kappa shape index (κ3) is 3.15. The monoisotopic (exact) mass is 293 g/mol. The summed E-state index contributed by atoms with van der Waals surface area (Å²) >= 11 is 1.26. The number of para-hydroxylation sites is 1. The standard InChI is InChI=1S/C14H15NO4S/c1-18-14(17)12(16)13(10-6-4-8-19-10)20-11-7-3-2-5-9(11)15/h2-8,12-13,16H,15H2,1H3. The number of rotatable bonds is 5. The molecule has 2 rings (SSSR count). The normalized spacial score (nSPS) is 13.7. The van der Waals surface area contributed by atoms with Crippen LogP contribution in [-0.2, 0) is 9.53 Å². The van der Waals surface area contributed by atoms with Crippen molar-refractivity contribution in [3.05, 3.63) is 48.4 Å². The number of carbonyl (C=O) groups excluding carboxylic acids is 1. The van der Waals surface area contributed by atoms with E-state index < -0.39 is 17.3 Å². The van der Waals surface area contributed by atoms with Crippen molar-refractivity contribution in [1.82, 2.24) is 0 Å². The summed E-state index contributed by atoms with van der Waals surface area (Å²) in [6, 6.07) is 10.6. The summed E-state index contributed by atoms with van der Waals surface area (Å²) in [5, 5.41) is 9.48. The zero-order valence-corrected chi connectivity index (χ0v) is 11.7. The topological polar surface area (TPSA) is 85.7 Å². The van der Waals surface area contributed by atoms with Gasteiger partial charge in [-0.05, 0) is 24.3 Å². The van der Waals surface area contributed by atoms with Gasteiger partial charge in [0.05, 0.1) is 13.4 Å². The number of benzene rings is 1. The van der Waals surface area contributed by atoms with E-state index in [1.54, 1.807) is 18.2 Å². The fourth-order valence-electron chi connectivity index (χ4n) is 1.70. The Hall–Kier alpha value is -1.92. The molecule has 0 saturated carbocycles. The summed E-state index contributed by atoms with van der Waals surface area (Å²) in [5.74, 6) is -0.232. The molecule has 1 heterocycles. The number of hydrogen-bond donors (Lipinski definition) is 2. The van der Waals surface area contributed by atoms with Crippen LogP contribution >= 0.6 is 11.8 Å². The summed E-state index contributed by atoms with van der Waals surface area (Å²) in [6.07, 6.45) is 0.150. The Morgan fingerprint density at radius 3 is 2.70 bits per heavy atom. The molecule has 106 valence electrons. The summed E-state index contributed by atoms with van der Waals surface area (Å²) in [5.41, 5.74) is 6.46. The van der Waals surface area contributed by atoms with Gasteiger partial charge in [0.1, 0.15) is 11.0 Å². The second-order valence-electron chi connectivity index (χ2n) is 4.06. The molecule has 0 radical (unpaired) electrons. The SMILES string of the molecule is COC(=O)C(O)C(Sc1ccccc1N)c1ccco1. The van der Waals surface area contributed by atoms with Gasteiger partial charge in [-0.2, -0.15) is 0 Å². The third-order valence-corrected chi connectivity index (χ3v) is 4.10. The highest BCUT2D eigenvalue weighted by Crippen LogP contribution is 2.40. The zero-order chi connectivity index (χ0) is 14.5. The van der Waals surface area contributed by atoms with E-state index in [9.17, 15) is 9.90 Å². The smallest absolute Gasteiger partial charge is 0.336 e. The first kappa shape index (κ1) is 14.5. The lowest BCUT2D eigenvalue weighted by molar-refractivity contribution is -0.150. The lowest BCUT2D eigenvalue weighted by Gasteiger charge is -2.19. The van der Waals surface area contributed by atoms with Crippen molar-refractivity contribution in [2.45, 2.75) is 16.2 Å². The van der Waals surface area contributed by atoms with Gasteiger partial charge in [-0.1, -0.05) is 12.1 Å². The molecule has 2 unspecified atom stereocenters. The molecule has 3 N–H and O–H groups in total. The highest BCUT2D eigenvalue weighted by molar-refractivity contribution is 7.99. The maximum Gasteiger partial charge on any atom is 0.336 e. The van der Waals surface area contributed by atoms with E-state index in [4.69, 9.17) is 10.2 Å². The van der Waals surface area contributed by atoms with Gasteiger partial charge < -0.3 is 20.0 Å². The molecule has 2 aromatic rings. The predicted octanol–water partition coefficient (Wildman–Crippen LogP) is 2.23. The summed E-state index contributed by atoms with van der Waals surface area (Å²) in [7, 11) is 1.23. The fourth-order valence-corrected chi connectivity index (χ4v) is 2.83. The van der Waals surface area contributed by atoms with Crippen molar-refractivity contribution in [1.29, 1.82) is 0 Å². The summed E-state index contributed by atoms with van der Waals surface area (Å²) < 4.78 is 9.88. The minimum absolute atomic E-state index is 0.483. The van der Waals surface area contributed by atoms with Crippen molar-refractivity contribution in [3.8, 4) is 0 Å². The van der Waals surface area contributed by atoms with Crippen LogP contribution in [0.4, 0.5) is 5.69 Å². The van der Waals surface area contributed by atoms with Crippen molar-refractivity contribution in [3.63, 3.8) is 0 Å². The molecule has 2 atom stereocenters. The maximum absolute atomic E-state index is 11.6. The molecule has 0 spiro atoms. The molecule has 0 aliphatic heterocycles. The largest absolute Gasteiger partial charge is 0.468 e. The lowest BCUT2D eigenvalue weighted by atomic mass is 10.2. The number of furan rings is 1. The Kier molecular flexibility index (Phi) is 4.70. The van der Waals surface area contributed by atoms with Crippen LogP contribution in [0.2, 0.25) is 0 Å². The summed E-state index contributed by atoms with van der Waals surface area (Å²) in [6.45, 7) is 0. The van der Waals surface area contributed by atoms with Gasteiger partial charge in [-0.3, -0.25) is 0 Å². The first-order valence-electron chi connectivity index (χ1n) is 5.94. The van der Waals surface area contributed by atoms with E-state index in [0.717, 1.165) is 4.90 Å². The average molecular weight is 293 g/mol. The molecule has 1 aromatic heterocycles. The molecule has 0 aliphatic rings. The third-order valence-electron chi connectivity index (χ3n) is 2.73. The maximum atomic E-state index is 11.6. The van der Waals surface area contributed by atoms with Gasteiger partial charge >= 0.3 is 5.97 Å². The highest BCUT2D eigenvalue weighted by Gasteiger charge is 2.31. The van der Waals surface area contributed by atoms with Crippen molar-refractivity contribution in [2.75, 3.05) is 12.8 Å². The molecule has 0 aliphatic carbocycles. The number of nitrogens with two attached hydrogens (primary N) is 1. The Morgan fingerprint density at radius 1 is 1.35 bits per heavy atom. The van der Waals surface area contributed by atoms with Crippen LogP contribution in [0.25, 0.3) is 0 Å². The Bertz CT molecular complexity index is 570. The molecule has 6 heteroatoms. The second kappa shape index (κ2) is 6.49. The van der Waals surface area contributed by atoms with E-state index in [2.05, 4.69) is 4.74 Å². The second-order valence-corrected chi connectivity index (χ2v) is 5.24. The minimum Gasteiger partial charge on any atom is -0.468 e. The number of thioether (sulfide) groups is 1. The van der Waals surface area contributed by atoms with E-state index in [1.807, 2.05) is 18.2 Å². The Balaban J connectivity index is 2.28. The van der Waals surface area contributed by atoms with E-state index >= 15 is 0 Å². The van der Waals surface area contributed by atoms with Crippen LogP contribution in [-0.4, -0.2) is 24.3 Å². The molecule has 0 saturated heterocycles. The molecular weight excluding hydrogens is 278 g/mol. The van der Waals surface area contributed by atoms with Crippen LogP contribution in [0.5, 0.6) is 0 Å². The quantitative estimate of drug-likeness (QED) is 0.499. The van der Waals surface area contributed by atoms with Gasteiger partial charge in [0.2, 0.25) is 0 Å². The molecule has 20 heavy (non-hydrogen) atoms. The molecule has 5 nitrogen and oxygen atoms in total. The molecule has 0 fully saturated rings. The van der Waals surface area contributed by atoms with Crippen LogP contribution in [0.3, 0.4) is 0 Å². The van der Waals surface area contributed by atoms with Gasteiger partial charge in [0.25, 0.3) is 0 Å². The number of carbonyl (C=O) groups is 1. The first-order valence-corrected chi connectivity index (χ1v) is 6.82. The number of hydrogen-bond acceptors (Lipinski definition) is 6. The van der Waals surface area contributed by atoms with Gasteiger partial charge in [-0.15, -0.1) is 11.8 Å². The molecule has 1 aromatic carbocycles. The predicted molar refractivity (Wildman–Crippen MR) is 76.2 cm³/mol. The fraction of sp³-hybridized carbons (Fsp3) is 0.214. The number of esters is 1. The highest BCUT2D eigenvalue weighted by atomic mass is 32.2. The number of methoxy groups -OCH3 is 1. The Morgan fingerprint density at radius 2 is 2.10 bits per heavy atom. The minimum atomic E-state index is -1.34. The van der Waals surface area contributed by atoms with Crippen LogP contribution in [0.15, 0.2) is 52.0 Å². The van der Waals surface area contributed by atoms with Crippen LogP contribution in [0, 0.1) is 0 Å². The van der Waals surface area contributed by atoms with Crippen molar-refractivity contribution >= 4 is 23.4 Å². The number of aliphatic hydroxyl groups is 1. The number of aliphatic hydroxyl groups excluding tert-OH is 1. The number of anilines is 1. The molecule has 0 bridgehead atoms. The lowest BCUT2D eigenvalue weighted by Crippen LogP contribution is -2.27. The van der Waals surface area contributed by atoms with Crippen molar-refractivity contribution < 1.29 is 19.1 Å². The van der Waals surface area contributed by atoms with Gasteiger partial charge in [-0.25, -0.2) is 4.79 Å². The van der Waals surface area contributed by atoms with Gasteiger partial charge in [0.15, 0.2) is 6.10 Å². The number of ether oxygens (including phenoxy) is 1. The number of nitrogen functional groups attached to an aromatic ring is 1. The van der Waals surface area contributed by atoms with E-state index in [0.29, 0.717) is 11.4 Å². The summed E-state index contributed by atoms with van der Waals surface area (Å²) in [4.78, 5) is 12.3. The molecule has 0 amide bonds. The average Bonchev–Trinajstić information content (AvgIpc) is 2.99.